The normalized spacial score (nSPS) is 13.0. The largest absolute Gasteiger partial charge is 0.452 e. The summed E-state index contributed by atoms with van der Waals surface area (Å²) < 4.78 is 31.8. The van der Waals surface area contributed by atoms with Gasteiger partial charge in [-0.2, -0.15) is 0 Å². The summed E-state index contributed by atoms with van der Waals surface area (Å²) >= 11 is 3.07. The number of sulfonamides is 1. The second kappa shape index (κ2) is 5.09. The van der Waals surface area contributed by atoms with Crippen LogP contribution in [-0.2, 0) is 16.6 Å². The molecule has 5 nitrogen and oxygen atoms in total. The standard InChI is InChI=1S/C10H17BrN2O3S/c1-10(2,3)6-13-17(14,15)8-4-7(5-12)16-9(8)11/h4,13H,5-6,12H2,1-3H3. The van der Waals surface area contributed by atoms with E-state index in [0.29, 0.717) is 12.3 Å². The average molecular weight is 325 g/mol. The summed E-state index contributed by atoms with van der Waals surface area (Å²) in [7, 11) is -3.56. The number of nitrogens with one attached hydrogen (secondary N) is 1. The fourth-order valence-electron chi connectivity index (χ4n) is 1.07. The van der Waals surface area contributed by atoms with Crippen LogP contribution in [0, 0.1) is 5.41 Å². The van der Waals surface area contributed by atoms with Crippen LogP contribution in [0.5, 0.6) is 0 Å². The maximum atomic E-state index is 12.0. The van der Waals surface area contributed by atoms with Crippen molar-refractivity contribution in [2.75, 3.05) is 6.54 Å². The first-order chi connectivity index (χ1) is 7.65. The third-order valence-corrected chi connectivity index (χ3v) is 4.25. The molecule has 17 heavy (non-hydrogen) atoms. The van der Waals surface area contributed by atoms with E-state index in [9.17, 15) is 8.42 Å². The molecule has 0 aromatic carbocycles. The number of furan rings is 1. The molecule has 1 heterocycles. The average Bonchev–Trinajstić information content (AvgIpc) is 2.57. The van der Waals surface area contributed by atoms with Crippen molar-refractivity contribution in [3.63, 3.8) is 0 Å². The highest BCUT2D eigenvalue weighted by Crippen LogP contribution is 2.26. The van der Waals surface area contributed by atoms with Crippen molar-refractivity contribution in [2.24, 2.45) is 11.1 Å². The molecule has 1 aromatic heterocycles. The van der Waals surface area contributed by atoms with Gasteiger partial charge in [-0.25, -0.2) is 13.1 Å². The first-order valence-electron chi connectivity index (χ1n) is 5.14. The van der Waals surface area contributed by atoms with Gasteiger partial charge in [0.15, 0.2) is 4.67 Å². The van der Waals surface area contributed by atoms with E-state index >= 15 is 0 Å². The number of hydrogen-bond donors (Lipinski definition) is 2. The van der Waals surface area contributed by atoms with Gasteiger partial charge in [0, 0.05) is 12.6 Å². The van der Waals surface area contributed by atoms with Crippen molar-refractivity contribution in [3.8, 4) is 0 Å². The Labute approximate surface area is 110 Å². The van der Waals surface area contributed by atoms with Gasteiger partial charge in [0.05, 0.1) is 6.54 Å². The molecule has 0 saturated carbocycles. The smallest absolute Gasteiger partial charge is 0.244 e. The number of halogens is 1. The van der Waals surface area contributed by atoms with Crippen LogP contribution in [-0.4, -0.2) is 15.0 Å². The topological polar surface area (TPSA) is 85.3 Å². The molecule has 0 bridgehead atoms. The lowest BCUT2D eigenvalue weighted by Crippen LogP contribution is -2.32. The zero-order valence-electron chi connectivity index (χ0n) is 10.1. The summed E-state index contributed by atoms with van der Waals surface area (Å²) in [5.41, 5.74) is 5.26. The molecule has 0 aliphatic heterocycles. The van der Waals surface area contributed by atoms with Crippen LogP contribution < -0.4 is 10.5 Å². The highest BCUT2D eigenvalue weighted by Gasteiger charge is 2.24. The van der Waals surface area contributed by atoms with Gasteiger partial charge < -0.3 is 10.2 Å². The minimum Gasteiger partial charge on any atom is -0.452 e. The Balaban J connectivity index is 2.93. The molecule has 0 spiro atoms. The molecule has 3 N–H and O–H groups in total. The highest BCUT2D eigenvalue weighted by atomic mass is 79.9. The van der Waals surface area contributed by atoms with Crippen molar-refractivity contribution in [3.05, 3.63) is 16.5 Å². The van der Waals surface area contributed by atoms with Crippen LogP contribution in [0.3, 0.4) is 0 Å². The maximum absolute atomic E-state index is 12.0. The Morgan fingerprint density at radius 1 is 1.47 bits per heavy atom. The first kappa shape index (κ1) is 14.7. The van der Waals surface area contributed by atoms with Gasteiger partial charge in [-0.3, -0.25) is 0 Å². The maximum Gasteiger partial charge on any atom is 0.244 e. The highest BCUT2D eigenvalue weighted by molar-refractivity contribution is 9.10. The van der Waals surface area contributed by atoms with Crippen LogP contribution in [0.4, 0.5) is 0 Å². The molecule has 98 valence electrons. The molecule has 0 aliphatic rings. The van der Waals surface area contributed by atoms with E-state index in [4.69, 9.17) is 10.2 Å². The summed E-state index contributed by atoms with van der Waals surface area (Å²) in [5.74, 6) is 0.424. The molecule has 0 radical (unpaired) electrons. The second-order valence-corrected chi connectivity index (χ2v) is 7.40. The van der Waals surface area contributed by atoms with Crippen LogP contribution in [0.15, 0.2) is 20.0 Å². The molecule has 0 atom stereocenters. The molecule has 1 aromatic rings. The van der Waals surface area contributed by atoms with Crippen molar-refractivity contribution < 1.29 is 12.8 Å². The van der Waals surface area contributed by atoms with Crippen molar-refractivity contribution in [1.82, 2.24) is 4.72 Å². The third kappa shape index (κ3) is 4.09. The molecular weight excluding hydrogens is 308 g/mol. The van der Waals surface area contributed by atoms with Crippen molar-refractivity contribution in [2.45, 2.75) is 32.2 Å². The molecule has 0 aliphatic carbocycles. The fraction of sp³-hybridized carbons (Fsp3) is 0.600. The number of hydrogen-bond acceptors (Lipinski definition) is 4. The van der Waals surface area contributed by atoms with E-state index in [0.717, 1.165) is 0 Å². The number of rotatable bonds is 4. The Kier molecular flexibility index (Phi) is 4.40. The van der Waals surface area contributed by atoms with E-state index in [2.05, 4.69) is 20.7 Å². The SMILES string of the molecule is CC(C)(C)CNS(=O)(=O)c1cc(CN)oc1Br. The monoisotopic (exact) mass is 324 g/mol. The molecule has 0 fully saturated rings. The lowest BCUT2D eigenvalue weighted by Gasteiger charge is -2.18. The summed E-state index contributed by atoms with van der Waals surface area (Å²) in [6.45, 7) is 6.36. The Hall–Kier alpha value is -0.370. The van der Waals surface area contributed by atoms with Gasteiger partial charge in [0.1, 0.15) is 10.7 Å². The molecule has 0 amide bonds. The lowest BCUT2D eigenvalue weighted by atomic mass is 9.98. The summed E-state index contributed by atoms with van der Waals surface area (Å²) in [6.07, 6.45) is 0. The minimum atomic E-state index is -3.56. The van der Waals surface area contributed by atoms with Crippen molar-refractivity contribution >= 4 is 26.0 Å². The van der Waals surface area contributed by atoms with Gasteiger partial charge >= 0.3 is 0 Å². The van der Waals surface area contributed by atoms with E-state index in [1.54, 1.807) is 0 Å². The summed E-state index contributed by atoms with van der Waals surface area (Å²) in [6, 6.07) is 1.43. The molecule has 0 unspecified atom stereocenters. The fourth-order valence-corrected chi connectivity index (χ4v) is 3.35. The molecular formula is C10H17BrN2O3S. The van der Waals surface area contributed by atoms with Crippen LogP contribution in [0.1, 0.15) is 26.5 Å². The van der Waals surface area contributed by atoms with E-state index < -0.39 is 10.0 Å². The molecule has 7 heteroatoms. The zero-order chi connectivity index (χ0) is 13.3. The van der Waals surface area contributed by atoms with Gasteiger partial charge in [-0.1, -0.05) is 20.8 Å². The van der Waals surface area contributed by atoms with Gasteiger partial charge in [-0.15, -0.1) is 0 Å². The van der Waals surface area contributed by atoms with Crippen LogP contribution >= 0.6 is 15.9 Å². The minimum absolute atomic E-state index is 0.0854. The predicted molar refractivity (Wildman–Crippen MR) is 68.9 cm³/mol. The Bertz CT molecular complexity index is 488. The molecule has 1 rings (SSSR count). The quantitative estimate of drug-likeness (QED) is 0.884. The predicted octanol–water partition coefficient (Wildman–Crippen LogP) is 1.83. The summed E-state index contributed by atoms with van der Waals surface area (Å²) in [5, 5.41) is 0. The van der Waals surface area contributed by atoms with Gasteiger partial charge in [-0.05, 0) is 21.3 Å². The van der Waals surface area contributed by atoms with Gasteiger partial charge in [0.25, 0.3) is 0 Å². The van der Waals surface area contributed by atoms with Gasteiger partial charge in [0.2, 0.25) is 10.0 Å². The van der Waals surface area contributed by atoms with Crippen LogP contribution in [0.25, 0.3) is 0 Å². The van der Waals surface area contributed by atoms with E-state index in [-0.39, 0.29) is 21.5 Å². The Morgan fingerprint density at radius 3 is 2.47 bits per heavy atom. The van der Waals surface area contributed by atoms with Crippen molar-refractivity contribution in [1.29, 1.82) is 0 Å². The third-order valence-electron chi connectivity index (χ3n) is 1.99. The lowest BCUT2D eigenvalue weighted by molar-refractivity contribution is 0.407. The molecule has 0 saturated heterocycles. The number of nitrogens with two attached hydrogens (primary N) is 1. The summed E-state index contributed by atoms with van der Waals surface area (Å²) in [4.78, 5) is 0.0854. The zero-order valence-corrected chi connectivity index (χ0v) is 12.5. The second-order valence-electron chi connectivity index (χ2n) is 4.94. The van der Waals surface area contributed by atoms with Crippen LogP contribution in [0.2, 0.25) is 0 Å². The first-order valence-corrected chi connectivity index (χ1v) is 7.41. The Morgan fingerprint density at radius 2 is 2.06 bits per heavy atom. The van der Waals surface area contributed by atoms with E-state index in [1.165, 1.54) is 6.07 Å². The van der Waals surface area contributed by atoms with E-state index in [1.807, 2.05) is 20.8 Å².